The number of aryl methyl sites for hydroxylation is 1. The second kappa shape index (κ2) is 6.60. The standard InChI is InChI=1S/C14H15BrF3N3O3/c1-20-6-5-19-12(20)13(23,14(16,17)18)7-11(22)21(2)8-9-3-4-10(15)24-9/h3-6,23H,7-8H2,1-2H3. The summed E-state index contributed by atoms with van der Waals surface area (Å²) in [6.45, 7) is -0.0288. The highest BCUT2D eigenvalue weighted by Crippen LogP contribution is 2.41. The molecule has 1 atom stereocenters. The number of aromatic nitrogens is 2. The second-order valence-corrected chi connectivity index (χ2v) is 6.13. The summed E-state index contributed by atoms with van der Waals surface area (Å²) in [5.41, 5.74) is -3.37. The summed E-state index contributed by atoms with van der Waals surface area (Å²) >= 11 is 3.10. The van der Waals surface area contributed by atoms with Crippen molar-refractivity contribution >= 4 is 21.8 Å². The Bertz CT molecular complexity index is 728. The maximum Gasteiger partial charge on any atom is 0.425 e. The minimum atomic E-state index is -5.06. The molecule has 0 fully saturated rings. The summed E-state index contributed by atoms with van der Waals surface area (Å²) in [4.78, 5) is 16.8. The average Bonchev–Trinajstić information content (AvgIpc) is 3.06. The van der Waals surface area contributed by atoms with Crippen LogP contribution in [0.2, 0.25) is 0 Å². The van der Waals surface area contributed by atoms with Crippen LogP contribution in [-0.4, -0.2) is 38.7 Å². The van der Waals surface area contributed by atoms with Crippen LogP contribution in [0.25, 0.3) is 0 Å². The summed E-state index contributed by atoms with van der Waals surface area (Å²) < 4.78 is 46.9. The highest BCUT2D eigenvalue weighted by Gasteiger charge is 2.58. The number of amides is 1. The van der Waals surface area contributed by atoms with E-state index in [0.717, 1.165) is 15.7 Å². The molecule has 0 saturated heterocycles. The molecule has 1 amide bonds. The molecule has 0 aliphatic carbocycles. The van der Waals surface area contributed by atoms with E-state index in [4.69, 9.17) is 4.42 Å². The van der Waals surface area contributed by atoms with E-state index in [0.29, 0.717) is 10.4 Å². The Morgan fingerprint density at radius 1 is 1.46 bits per heavy atom. The first-order chi connectivity index (χ1) is 11.0. The fourth-order valence-electron chi connectivity index (χ4n) is 2.18. The third kappa shape index (κ3) is 3.64. The molecular formula is C14H15BrF3N3O3. The predicted molar refractivity (Wildman–Crippen MR) is 80.7 cm³/mol. The lowest BCUT2D eigenvalue weighted by molar-refractivity contribution is -0.271. The highest BCUT2D eigenvalue weighted by atomic mass is 79.9. The van der Waals surface area contributed by atoms with E-state index in [1.807, 2.05) is 0 Å². The van der Waals surface area contributed by atoms with Gasteiger partial charge < -0.3 is 19.0 Å². The summed E-state index contributed by atoms with van der Waals surface area (Å²) in [5, 5.41) is 10.2. The molecule has 0 radical (unpaired) electrons. The van der Waals surface area contributed by atoms with Crippen molar-refractivity contribution in [2.24, 2.45) is 7.05 Å². The molecule has 0 bridgehead atoms. The Balaban J connectivity index is 2.20. The zero-order valence-electron chi connectivity index (χ0n) is 12.8. The number of alkyl halides is 3. The molecule has 132 valence electrons. The van der Waals surface area contributed by atoms with Crippen LogP contribution in [0, 0.1) is 0 Å². The third-order valence-electron chi connectivity index (χ3n) is 3.51. The van der Waals surface area contributed by atoms with Gasteiger partial charge in [0, 0.05) is 26.5 Å². The quantitative estimate of drug-likeness (QED) is 0.823. The largest absolute Gasteiger partial charge is 0.452 e. The summed E-state index contributed by atoms with van der Waals surface area (Å²) in [5.74, 6) is -1.15. The van der Waals surface area contributed by atoms with Crippen LogP contribution in [0.5, 0.6) is 0 Å². The van der Waals surface area contributed by atoms with Crippen molar-refractivity contribution in [1.82, 2.24) is 14.5 Å². The van der Waals surface area contributed by atoms with E-state index in [1.54, 1.807) is 12.1 Å². The lowest BCUT2D eigenvalue weighted by Gasteiger charge is -2.30. The van der Waals surface area contributed by atoms with Gasteiger partial charge in [0.15, 0.2) is 10.5 Å². The van der Waals surface area contributed by atoms with Gasteiger partial charge in [0.05, 0.1) is 13.0 Å². The van der Waals surface area contributed by atoms with Crippen molar-refractivity contribution < 1.29 is 27.5 Å². The number of imidazole rings is 1. The summed E-state index contributed by atoms with van der Waals surface area (Å²) in [6, 6.07) is 3.19. The highest BCUT2D eigenvalue weighted by molar-refractivity contribution is 9.10. The first kappa shape index (κ1) is 18.5. The predicted octanol–water partition coefficient (Wildman–Crippen LogP) is 2.57. The van der Waals surface area contributed by atoms with Gasteiger partial charge in [-0.15, -0.1) is 0 Å². The van der Waals surface area contributed by atoms with E-state index in [1.165, 1.54) is 20.3 Å². The lowest BCUT2D eigenvalue weighted by atomic mass is 9.96. The Labute approximate surface area is 144 Å². The topological polar surface area (TPSA) is 71.5 Å². The number of carbonyl (C=O) groups excluding carboxylic acids is 1. The van der Waals surface area contributed by atoms with Crippen LogP contribution in [0.3, 0.4) is 0 Å². The molecule has 6 nitrogen and oxygen atoms in total. The van der Waals surface area contributed by atoms with Crippen molar-refractivity contribution in [3.8, 4) is 0 Å². The molecule has 0 aliphatic rings. The number of hydrogen-bond donors (Lipinski definition) is 1. The van der Waals surface area contributed by atoms with E-state index < -0.39 is 29.9 Å². The average molecular weight is 410 g/mol. The Kier molecular flexibility index (Phi) is 5.09. The number of hydrogen-bond acceptors (Lipinski definition) is 4. The first-order valence-corrected chi connectivity index (χ1v) is 7.59. The van der Waals surface area contributed by atoms with E-state index in [2.05, 4.69) is 20.9 Å². The minimum Gasteiger partial charge on any atom is -0.452 e. The van der Waals surface area contributed by atoms with Crippen LogP contribution in [0.15, 0.2) is 33.6 Å². The third-order valence-corrected chi connectivity index (χ3v) is 3.94. The van der Waals surface area contributed by atoms with Gasteiger partial charge in [0.1, 0.15) is 5.76 Å². The second-order valence-electron chi connectivity index (χ2n) is 5.35. The smallest absolute Gasteiger partial charge is 0.425 e. The van der Waals surface area contributed by atoms with Crippen LogP contribution in [-0.2, 0) is 24.0 Å². The molecule has 0 aliphatic heterocycles. The fourth-order valence-corrected chi connectivity index (χ4v) is 2.52. The minimum absolute atomic E-state index is 0.0288. The molecule has 2 heterocycles. The molecule has 0 saturated carbocycles. The van der Waals surface area contributed by atoms with Gasteiger partial charge in [0.2, 0.25) is 11.5 Å². The molecule has 2 aromatic rings. The Morgan fingerprint density at radius 2 is 2.12 bits per heavy atom. The van der Waals surface area contributed by atoms with Crippen LogP contribution in [0.4, 0.5) is 13.2 Å². The molecule has 0 aromatic carbocycles. The van der Waals surface area contributed by atoms with Crippen molar-refractivity contribution in [2.75, 3.05) is 7.05 Å². The molecule has 2 rings (SSSR count). The summed E-state index contributed by atoms with van der Waals surface area (Å²) in [7, 11) is 2.64. The zero-order valence-corrected chi connectivity index (χ0v) is 14.4. The van der Waals surface area contributed by atoms with Crippen LogP contribution >= 0.6 is 15.9 Å². The Morgan fingerprint density at radius 3 is 2.58 bits per heavy atom. The van der Waals surface area contributed by atoms with Gasteiger partial charge in [-0.3, -0.25) is 4.79 Å². The molecule has 10 heteroatoms. The van der Waals surface area contributed by atoms with Gasteiger partial charge in [-0.05, 0) is 28.1 Å². The number of carbonyl (C=O) groups is 1. The van der Waals surface area contributed by atoms with Gasteiger partial charge in [0.25, 0.3) is 0 Å². The van der Waals surface area contributed by atoms with Crippen LogP contribution in [0.1, 0.15) is 18.0 Å². The first-order valence-electron chi connectivity index (χ1n) is 6.79. The number of aliphatic hydroxyl groups is 1. The molecule has 1 unspecified atom stereocenters. The fraction of sp³-hybridized carbons (Fsp3) is 0.429. The lowest BCUT2D eigenvalue weighted by Crippen LogP contribution is -2.48. The molecule has 24 heavy (non-hydrogen) atoms. The van der Waals surface area contributed by atoms with Crippen molar-refractivity contribution in [1.29, 1.82) is 0 Å². The monoisotopic (exact) mass is 409 g/mol. The maximum atomic E-state index is 13.4. The SMILES string of the molecule is CN(Cc1ccc(Br)o1)C(=O)CC(O)(c1nccn1C)C(F)(F)F. The molecular weight excluding hydrogens is 395 g/mol. The van der Waals surface area contributed by atoms with Crippen molar-refractivity contribution in [3.63, 3.8) is 0 Å². The van der Waals surface area contributed by atoms with Crippen LogP contribution < -0.4 is 0 Å². The van der Waals surface area contributed by atoms with Gasteiger partial charge in [-0.1, -0.05) is 0 Å². The summed E-state index contributed by atoms with van der Waals surface area (Å²) in [6.07, 6.45) is -3.85. The van der Waals surface area contributed by atoms with Crippen molar-refractivity contribution in [3.05, 3.63) is 40.8 Å². The Hall–Kier alpha value is -1.81. The van der Waals surface area contributed by atoms with Crippen molar-refractivity contribution in [2.45, 2.75) is 24.7 Å². The number of rotatable bonds is 5. The maximum absolute atomic E-state index is 13.4. The van der Waals surface area contributed by atoms with Gasteiger partial charge in [-0.25, -0.2) is 4.98 Å². The van der Waals surface area contributed by atoms with E-state index in [-0.39, 0.29) is 6.54 Å². The van der Waals surface area contributed by atoms with E-state index in [9.17, 15) is 23.1 Å². The van der Waals surface area contributed by atoms with Gasteiger partial charge >= 0.3 is 6.18 Å². The normalized spacial score (nSPS) is 14.5. The molecule has 1 N–H and O–H groups in total. The molecule has 0 spiro atoms. The zero-order chi connectivity index (χ0) is 18.1. The van der Waals surface area contributed by atoms with Gasteiger partial charge in [-0.2, -0.15) is 13.2 Å². The van der Waals surface area contributed by atoms with E-state index >= 15 is 0 Å². The number of halogens is 4. The molecule has 2 aromatic heterocycles. The number of nitrogens with zero attached hydrogens (tertiary/aromatic N) is 3. The number of furan rings is 1.